The van der Waals surface area contributed by atoms with Crippen LogP contribution >= 0.6 is 0 Å². The molecule has 0 bridgehead atoms. The number of rotatable bonds is 3. The molecule has 1 N–H and O–H groups in total. The molecule has 0 unspecified atom stereocenters. The third kappa shape index (κ3) is 3.17. The molecule has 0 saturated heterocycles. The van der Waals surface area contributed by atoms with Gasteiger partial charge in [-0.3, -0.25) is 0 Å². The SMILES string of the molecule is CC(=NO)c1cc(C)cc(-c2ccc3cnn(-c4cccc(C)n4)c3c2)n1. The second-order valence-corrected chi connectivity index (χ2v) is 6.57. The Morgan fingerprint density at radius 1 is 1.04 bits per heavy atom. The van der Waals surface area contributed by atoms with E-state index in [0.717, 1.165) is 39.2 Å². The van der Waals surface area contributed by atoms with Crippen LogP contribution in [-0.4, -0.2) is 30.7 Å². The Morgan fingerprint density at radius 2 is 1.89 bits per heavy atom. The van der Waals surface area contributed by atoms with E-state index in [-0.39, 0.29) is 0 Å². The zero-order valence-electron chi connectivity index (χ0n) is 15.4. The Kier molecular flexibility index (Phi) is 4.16. The molecular weight excluding hydrogens is 338 g/mol. The maximum Gasteiger partial charge on any atom is 0.154 e. The highest BCUT2D eigenvalue weighted by Gasteiger charge is 2.11. The third-order valence-electron chi connectivity index (χ3n) is 4.45. The van der Waals surface area contributed by atoms with Gasteiger partial charge in [0.05, 0.1) is 23.1 Å². The predicted molar refractivity (Wildman–Crippen MR) is 106 cm³/mol. The van der Waals surface area contributed by atoms with Crippen LogP contribution in [0.5, 0.6) is 0 Å². The van der Waals surface area contributed by atoms with Crippen LogP contribution in [0.25, 0.3) is 28.0 Å². The summed E-state index contributed by atoms with van der Waals surface area (Å²) in [6.45, 7) is 5.69. The van der Waals surface area contributed by atoms with E-state index in [9.17, 15) is 0 Å². The lowest BCUT2D eigenvalue weighted by molar-refractivity contribution is 0.319. The summed E-state index contributed by atoms with van der Waals surface area (Å²) in [5, 5.41) is 17.9. The van der Waals surface area contributed by atoms with Gasteiger partial charge < -0.3 is 5.21 Å². The predicted octanol–water partition coefficient (Wildman–Crippen LogP) is 4.30. The van der Waals surface area contributed by atoms with E-state index < -0.39 is 0 Å². The lowest BCUT2D eigenvalue weighted by Gasteiger charge is -2.08. The minimum atomic E-state index is 0.482. The molecule has 0 spiro atoms. The van der Waals surface area contributed by atoms with E-state index in [4.69, 9.17) is 5.21 Å². The van der Waals surface area contributed by atoms with Crippen molar-refractivity contribution in [1.82, 2.24) is 19.7 Å². The number of nitrogens with zero attached hydrogens (tertiary/aromatic N) is 5. The fraction of sp³-hybridized carbons (Fsp3) is 0.143. The lowest BCUT2D eigenvalue weighted by atomic mass is 10.1. The number of aryl methyl sites for hydroxylation is 2. The Hall–Kier alpha value is -3.54. The maximum atomic E-state index is 9.07. The number of hydrogen-bond acceptors (Lipinski definition) is 5. The highest BCUT2D eigenvalue weighted by molar-refractivity contribution is 5.97. The van der Waals surface area contributed by atoms with Gasteiger partial charge in [-0.25, -0.2) is 14.6 Å². The van der Waals surface area contributed by atoms with Crippen LogP contribution in [0, 0.1) is 13.8 Å². The van der Waals surface area contributed by atoms with Crippen LogP contribution < -0.4 is 0 Å². The summed E-state index contributed by atoms with van der Waals surface area (Å²) < 4.78 is 1.84. The number of hydrogen-bond donors (Lipinski definition) is 1. The molecular formula is C21H19N5O. The molecule has 6 heteroatoms. The van der Waals surface area contributed by atoms with Crippen molar-refractivity contribution < 1.29 is 5.21 Å². The minimum Gasteiger partial charge on any atom is -0.411 e. The first-order valence-electron chi connectivity index (χ1n) is 8.65. The zero-order valence-corrected chi connectivity index (χ0v) is 15.4. The first-order chi connectivity index (χ1) is 13.0. The van der Waals surface area contributed by atoms with Gasteiger partial charge in [0.15, 0.2) is 5.82 Å². The van der Waals surface area contributed by atoms with Crippen LogP contribution in [0.15, 0.2) is 59.9 Å². The van der Waals surface area contributed by atoms with Crippen LogP contribution in [0.3, 0.4) is 0 Å². The molecule has 0 atom stereocenters. The number of oxime groups is 1. The molecule has 0 amide bonds. The molecule has 3 heterocycles. The van der Waals surface area contributed by atoms with Gasteiger partial charge in [-0.1, -0.05) is 23.4 Å². The summed E-state index contributed by atoms with van der Waals surface area (Å²) >= 11 is 0. The van der Waals surface area contributed by atoms with Crippen molar-refractivity contribution in [3.05, 3.63) is 71.7 Å². The third-order valence-corrected chi connectivity index (χ3v) is 4.45. The summed E-state index contributed by atoms with van der Waals surface area (Å²) in [5.74, 6) is 0.781. The van der Waals surface area contributed by atoms with Crippen molar-refractivity contribution in [2.75, 3.05) is 0 Å². The largest absolute Gasteiger partial charge is 0.411 e. The van der Waals surface area contributed by atoms with Crippen molar-refractivity contribution in [3.8, 4) is 17.1 Å². The van der Waals surface area contributed by atoms with Gasteiger partial charge in [-0.15, -0.1) is 0 Å². The average Bonchev–Trinajstić information content (AvgIpc) is 3.10. The van der Waals surface area contributed by atoms with Gasteiger partial charge in [0.1, 0.15) is 5.71 Å². The molecule has 0 aliphatic rings. The van der Waals surface area contributed by atoms with E-state index in [0.29, 0.717) is 11.4 Å². The van der Waals surface area contributed by atoms with Crippen LogP contribution in [-0.2, 0) is 0 Å². The van der Waals surface area contributed by atoms with Crippen molar-refractivity contribution in [3.63, 3.8) is 0 Å². The summed E-state index contributed by atoms with van der Waals surface area (Å²) in [4.78, 5) is 9.22. The van der Waals surface area contributed by atoms with Gasteiger partial charge in [0.2, 0.25) is 0 Å². The summed E-state index contributed by atoms with van der Waals surface area (Å²) in [6.07, 6.45) is 1.83. The monoisotopic (exact) mass is 357 g/mol. The average molecular weight is 357 g/mol. The van der Waals surface area contributed by atoms with E-state index in [2.05, 4.69) is 26.3 Å². The summed E-state index contributed by atoms with van der Waals surface area (Å²) in [7, 11) is 0. The quantitative estimate of drug-likeness (QED) is 0.337. The summed E-state index contributed by atoms with van der Waals surface area (Å²) in [5.41, 5.74) is 5.87. The Morgan fingerprint density at radius 3 is 2.67 bits per heavy atom. The lowest BCUT2D eigenvalue weighted by Crippen LogP contribution is -2.02. The molecule has 3 aromatic heterocycles. The number of fused-ring (bicyclic) bond motifs is 1. The van der Waals surface area contributed by atoms with Crippen molar-refractivity contribution >= 4 is 16.6 Å². The highest BCUT2D eigenvalue weighted by atomic mass is 16.4. The molecule has 0 aliphatic heterocycles. The van der Waals surface area contributed by atoms with Gasteiger partial charge in [-0.2, -0.15) is 5.10 Å². The first-order valence-corrected chi connectivity index (χ1v) is 8.65. The minimum absolute atomic E-state index is 0.482. The molecule has 1 aromatic carbocycles. The van der Waals surface area contributed by atoms with Crippen LogP contribution in [0.1, 0.15) is 23.9 Å². The normalized spacial score (nSPS) is 11.9. The zero-order chi connectivity index (χ0) is 19.0. The topological polar surface area (TPSA) is 76.2 Å². The maximum absolute atomic E-state index is 9.07. The number of pyridine rings is 2. The molecule has 0 radical (unpaired) electrons. The Bertz CT molecular complexity index is 1180. The molecule has 4 rings (SSSR count). The second kappa shape index (κ2) is 6.64. The van der Waals surface area contributed by atoms with Gasteiger partial charge in [0.25, 0.3) is 0 Å². The Balaban J connectivity index is 1.87. The molecule has 134 valence electrons. The standard InChI is InChI=1S/C21H19N5O/c1-13-9-18(15(3)25-27)24-19(10-13)16-7-8-17-12-22-26(20(17)11-16)21-6-4-5-14(2)23-21/h4-12,27H,1-3H3. The second-order valence-electron chi connectivity index (χ2n) is 6.57. The Labute approximate surface area is 156 Å². The van der Waals surface area contributed by atoms with Gasteiger partial charge in [0, 0.05) is 16.6 Å². The highest BCUT2D eigenvalue weighted by Crippen LogP contribution is 2.26. The van der Waals surface area contributed by atoms with Gasteiger partial charge in [-0.05, 0) is 56.7 Å². The smallest absolute Gasteiger partial charge is 0.154 e. The van der Waals surface area contributed by atoms with E-state index >= 15 is 0 Å². The van der Waals surface area contributed by atoms with Crippen molar-refractivity contribution in [1.29, 1.82) is 0 Å². The molecule has 27 heavy (non-hydrogen) atoms. The van der Waals surface area contributed by atoms with Crippen molar-refractivity contribution in [2.45, 2.75) is 20.8 Å². The number of aromatic nitrogens is 4. The molecule has 0 fully saturated rings. The fourth-order valence-electron chi connectivity index (χ4n) is 3.06. The van der Waals surface area contributed by atoms with E-state index in [1.165, 1.54) is 0 Å². The molecule has 6 nitrogen and oxygen atoms in total. The first kappa shape index (κ1) is 16.9. The molecule has 0 saturated carbocycles. The fourth-order valence-corrected chi connectivity index (χ4v) is 3.06. The summed E-state index contributed by atoms with van der Waals surface area (Å²) in [6, 6.07) is 15.9. The van der Waals surface area contributed by atoms with Gasteiger partial charge >= 0.3 is 0 Å². The van der Waals surface area contributed by atoms with E-state index in [1.807, 2.05) is 67.2 Å². The molecule has 4 aromatic rings. The van der Waals surface area contributed by atoms with E-state index in [1.54, 1.807) is 6.92 Å². The van der Waals surface area contributed by atoms with Crippen molar-refractivity contribution in [2.24, 2.45) is 5.16 Å². The number of benzene rings is 1. The molecule has 0 aliphatic carbocycles. The van der Waals surface area contributed by atoms with Crippen LogP contribution in [0.2, 0.25) is 0 Å². The van der Waals surface area contributed by atoms with Crippen LogP contribution in [0.4, 0.5) is 0 Å².